The Morgan fingerprint density at radius 1 is 0.900 bits per heavy atom. The van der Waals surface area contributed by atoms with E-state index in [2.05, 4.69) is 5.32 Å². The summed E-state index contributed by atoms with van der Waals surface area (Å²) in [4.78, 5) is 0. The Morgan fingerprint density at radius 3 is 2.25 bits per heavy atom. The molecule has 2 aliphatic carbocycles. The van der Waals surface area contributed by atoms with Crippen LogP contribution in [-0.4, -0.2) is 30.5 Å². The number of halogens is 3. The normalized spacial score (nSPS) is 38.2. The number of nitrogens with one attached hydrogen (secondary N) is 1. The first kappa shape index (κ1) is 14.6. The van der Waals surface area contributed by atoms with Crippen molar-refractivity contribution in [1.29, 1.82) is 0 Å². The zero-order chi connectivity index (χ0) is 14.3. The van der Waals surface area contributed by atoms with E-state index in [9.17, 15) is 13.2 Å². The summed E-state index contributed by atoms with van der Waals surface area (Å²) >= 11 is 0. The van der Waals surface area contributed by atoms with Crippen LogP contribution in [-0.2, 0) is 4.74 Å². The maximum absolute atomic E-state index is 13.0. The number of hydrogen-bond acceptors (Lipinski definition) is 2. The monoisotopic (exact) mass is 291 g/mol. The van der Waals surface area contributed by atoms with Crippen LogP contribution in [0.25, 0.3) is 0 Å². The van der Waals surface area contributed by atoms with E-state index in [1.165, 1.54) is 6.42 Å². The van der Waals surface area contributed by atoms with Crippen LogP contribution >= 0.6 is 0 Å². The fourth-order valence-electron chi connectivity index (χ4n) is 4.38. The molecule has 0 radical (unpaired) electrons. The van der Waals surface area contributed by atoms with Gasteiger partial charge in [-0.2, -0.15) is 13.2 Å². The topological polar surface area (TPSA) is 21.3 Å². The minimum atomic E-state index is -4.08. The largest absolute Gasteiger partial charge is 0.391 e. The molecule has 0 aromatic carbocycles. The first-order valence-corrected chi connectivity index (χ1v) is 7.91. The molecule has 3 rings (SSSR count). The van der Waals surface area contributed by atoms with Gasteiger partial charge >= 0.3 is 6.18 Å². The van der Waals surface area contributed by atoms with E-state index >= 15 is 0 Å². The van der Waals surface area contributed by atoms with E-state index in [0.717, 1.165) is 38.6 Å². The van der Waals surface area contributed by atoms with Gasteiger partial charge in [0, 0.05) is 13.1 Å². The first-order chi connectivity index (χ1) is 9.43. The summed E-state index contributed by atoms with van der Waals surface area (Å²) in [5.74, 6) is -1.18. The van der Waals surface area contributed by atoms with Gasteiger partial charge in [-0.05, 0) is 38.5 Å². The number of ether oxygens (including phenoxy) is 1. The van der Waals surface area contributed by atoms with Gasteiger partial charge in [0.15, 0.2) is 0 Å². The molecular formula is C15H24F3NO. The Bertz CT molecular complexity index is 342. The van der Waals surface area contributed by atoms with Crippen LogP contribution in [0.4, 0.5) is 13.2 Å². The Kier molecular flexibility index (Phi) is 3.78. The molecule has 1 heterocycles. The molecule has 3 fully saturated rings. The van der Waals surface area contributed by atoms with Crippen molar-refractivity contribution in [3.05, 3.63) is 0 Å². The number of morpholine rings is 1. The van der Waals surface area contributed by atoms with Crippen molar-refractivity contribution in [3.63, 3.8) is 0 Å². The molecule has 1 N–H and O–H groups in total. The predicted octanol–water partition coefficient (Wildman–Crippen LogP) is 3.80. The second kappa shape index (κ2) is 5.16. The van der Waals surface area contributed by atoms with Crippen molar-refractivity contribution in [2.24, 2.45) is 5.92 Å². The SMILES string of the molecule is FC(F)(F)C1CCCC2(CNCC3(CCCCC3)O2)C1. The Morgan fingerprint density at radius 2 is 1.55 bits per heavy atom. The van der Waals surface area contributed by atoms with Crippen LogP contribution in [0.5, 0.6) is 0 Å². The Balaban J connectivity index is 1.74. The molecule has 116 valence electrons. The third kappa shape index (κ3) is 2.84. The number of rotatable bonds is 0. The average Bonchev–Trinajstić information content (AvgIpc) is 2.38. The van der Waals surface area contributed by atoms with Gasteiger partial charge in [0.25, 0.3) is 0 Å². The van der Waals surface area contributed by atoms with Crippen LogP contribution in [0.3, 0.4) is 0 Å². The lowest BCUT2D eigenvalue weighted by atomic mass is 9.74. The third-order valence-corrected chi connectivity index (χ3v) is 5.36. The first-order valence-electron chi connectivity index (χ1n) is 7.91. The fraction of sp³-hybridized carbons (Fsp3) is 1.00. The quantitative estimate of drug-likeness (QED) is 0.733. The zero-order valence-corrected chi connectivity index (χ0v) is 11.9. The summed E-state index contributed by atoms with van der Waals surface area (Å²) in [6, 6.07) is 0. The van der Waals surface area contributed by atoms with Crippen molar-refractivity contribution >= 4 is 0 Å². The fourth-order valence-corrected chi connectivity index (χ4v) is 4.38. The minimum absolute atomic E-state index is 0.144. The number of hydrogen-bond donors (Lipinski definition) is 1. The van der Waals surface area contributed by atoms with E-state index in [4.69, 9.17) is 4.74 Å². The molecule has 2 unspecified atom stereocenters. The molecule has 20 heavy (non-hydrogen) atoms. The summed E-state index contributed by atoms with van der Waals surface area (Å²) in [7, 11) is 0. The second-order valence-electron chi connectivity index (χ2n) is 6.97. The molecule has 1 saturated heterocycles. The molecular weight excluding hydrogens is 267 g/mol. The van der Waals surface area contributed by atoms with Crippen LogP contribution in [0.2, 0.25) is 0 Å². The standard InChI is InChI=1S/C15H24F3NO/c16-15(17,18)12-5-4-8-14(9-12)11-19-10-13(20-14)6-2-1-3-7-13/h12,19H,1-11H2. The maximum Gasteiger partial charge on any atom is 0.391 e. The van der Waals surface area contributed by atoms with E-state index < -0.39 is 17.7 Å². The molecule has 2 saturated carbocycles. The predicted molar refractivity (Wildman–Crippen MR) is 70.5 cm³/mol. The summed E-state index contributed by atoms with van der Waals surface area (Å²) in [6.45, 7) is 1.40. The van der Waals surface area contributed by atoms with E-state index in [0.29, 0.717) is 13.0 Å². The van der Waals surface area contributed by atoms with E-state index in [1.54, 1.807) is 0 Å². The molecule has 0 amide bonds. The van der Waals surface area contributed by atoms with Crippen molar-refractivity contribution in [2.75, 3.05) is 13.1 Å². The van der Waals surface area contributed by atoms with Gasteiger partial charge in [-0.3, -0.25) is 0 Å². The molecule has 0 aromatic rings. The van der Waals surface area contributed by atoms with Crippen LogP contribution in [0.1, 0.15) is 57.8 Å². The summed E-state index contributed by atoms with van der Waals surface area (Å²) < 4.78 is 45.5. The second-order valence-corrected chi connectivity index (χ2v) is 6.97. The molecule has 5 heteroatoms. The highest BCUT2D eigenvalue weighted by atomic mass is 19.4. The Labute approximate surface area is 118 Å². The van der Waals surface area contributed by atoms with Crippen molar-refractivity contribution in [1.82, 2.24) is 5.32 Å². The summed E-state index contributed by atoms with van der Waals surface area (Å²) in [6.07, 6.45) is 3.23. The molecule has 2 spiro atoms. The third-order valence-electron chi connectivity index (χ3n) is 5.36. The molecule has 0 aromatic heterocycles. The highest BCUT2D eigenvalue weighted by molar-refractivity contribution is 5.01. The van der Waals surface area contributed by atoms with Gasteiger partial charge in [0.1, 0.15) is 0 Å². The molecule has 3 aliphatic rings. The van der Waals surface area contributed by atoms with Crippen molar-refractivity contribution in [2.45, 2.75) is 75.2 Å². The minimum Gasteiger partial charge on any atom is -0.366 e. The highest BCUT2D eigenvalue weighted by Gasteiger charge is 2.52. The summed E-state index contributed by atoms with van der Waals surface area (Å²) in [5, 5.41) is 3.39. The van der Waals surface area contributed by atoms with Crippen molar-refractivity contribution in [3.8, 4) is 0 Å². The highest BCUT2D eigenvalue weighted by Crippen LogP contribution is 2.47. The number of alkyl halides is 3. The lowest BCUT2D eigenvalue weighted by Gasteiger charge is -2.53. The van der Waals surface area contributed by atoms with Crippen LogP contribution in [0.15, 0.2) is 0 Å². The van der Waals surface area contributed by atoms with Gasteiger partial charge < -0.3 is 10.1 Å². The lowest BCUT2D eigenvalue weighted by Crippen LogP contribution is -2.62. The smallest absolute Gasteiger partial charge is 0.366 e. The average molecular weight is 291 g/mol. The van der Waals surface area contributed by atoms with E-state index in [-0.39, 0.29) is 18.4 Å². The van der Waals surface area contributed by atoms with Gasteiger partial charge in [-0.1, -0.05) is 19.3 Å². The maximum atomic E-state index is 13.0. The summed E-state index contributed by atoms with van der Waals surface area (Å²) in [5.41, 5.74) is -0.766. The molecule has 1 aliphatic heterocycles. The Hall–Kier alpha value is -0.290. The molecule has 2 nitrogen and oxygen atoms in total. The zero-order valence-electron chi connectivity index (χ0n) is 11.9. The molecule has 2 atom stereocenters. The van der Waals surface area contributed by atoms with Crippen LogP contribution < -0.4 is 5.32 Å². The van der Waals surface area contributed by atoms with Gasteiger partial charge in [0.05, 0.1) is 17.1 Å². The van der Waals surface area contributed by atoms with E-state index in [1.807, 2.05) is 0 Å². The molecule has 0 bridgehead atoms. The van der Waals surface area contributed by atoms with Gasteiger partial charge in [-0.25, -0.2) is 0 Å². The van der Waals surface area contributed by atoms with Gasteiger partial charge in [-0.15, -0.1) is 0 Å². The van der Waals surface area contributed by atoms with Crippen LogP contribution in [0, 0.1) is 5.92 Å². The lowest BCUT2D eigenvalue weighted by molar-refractivity contribution is -0.244. The van der Waals surface area contributed by atoms with Gasteiger partial charge in [0.2, 0.25) is 0 Å². The van der Waals surface area contributed by atoms with Crippen molar-refractivity contribution < 1.29 is 17.9 Å².